The molecule has 184 valence electrons. The molecule has 8 heteroatoms. The summed E-state index contributed by atoms with van der Waals surface area (Å²) in [6.45, 7) is 6.99. The van der Waals surface area contributed by atoms with E-state index in [4.69, 9.17) is 0 Å². The molecular formula is C26H34FN3O3S. The van der Waals surface area contributed by atoms with Crippen molar-refractivity contribution < 1.29 is 17.6 Å². The minimum atomic E-state index is -3.68. The molecule has 0 spiro atoms. The van der Waals surface area contributed by atoms with Gasteiger partial charge in [-0.15, -0.1) is 0 Å². The van der Waals surface area contributed by atoms with Crippen LogP contribution in [0, 0.1) is 17.7 Å². The molecule has 2 saturated heterocycles. The number of hydrogen-bond donors (Lipinski definition) is 1. The average Bonchev–Trinajstić information content (AvgIpc) is 2.84. The van der Waals surface area contributed by atoms with Crippen LogP contribution in [0.4, 0.5) is 10.1 Å². The lowest BCUT2D eigenvalue weighted by Crippen LogP contribution is -2.43. The number of amides is 1. The lowest BCUT2D eigenvalue weighted by Gasteiger charge is -2.33. The number of halogens is 1. The molecule has 2 aliphatic heterocycles. The first-order chi connectivity index (χ1) is 16.2. The monoisotopic (exact) mass is 487 g/mol. The number of rotatable bonds is 6. The topological polar surface area (TPSA) is 69.7 Å². The summed E-state index contributed by atoms with van der Waals surface area (Å²) in [6.07, 6.45) is 3.43. The number of carbonyl (C=O) groups is 1. The van der Waals surface area contributed by atoms with Crippen LogP contribution in [0.2, 0.25) is 0 Å². The Morgan fingerprint density at radius 2 is 1.65 bits per heavy atom. The van der Waals surface area contributed by atoms with Crippen LogP contribution in [0.3, 0.4) is 0 Å². The van der Waals surface area contributed by atoms with E-state index in [1.165, 1.54) is 35.0 Å². The molecule has 2 aromatic rings. The molecule has 1 amide bonds. The Morgan fingerprint density at radius 3 is 2.26 bits per heavy atom. The van der Waals surface area contributed by atoms with Crippen LogP contribution < -0.4 is 10.2 Å². The van der Waals surface area contributed by atoms with Gasteiger partial charge in [-0.1, -0.05) is 19.1 Å². The number of anilines is 1. The molecule has 0 aliphatic carbocycles. The lowest BCUT2D eigenvalue weighted by molar-refractivity contribution is -0.126. The van der Waals surface area contributed by atoms with E-state index in [0.29, 0.717) is 18.8 Å². The van der Waals surface area contributed by atoms with Gasteiger partial charge in [-0.05, 0) is 80.5 Å². The first-order valence-corrected chi connectivity index (χ1v) is 13.6. The molecule has 2 heterocycles. The van der Waals surface area contributed by atoms with Crippen LogP contribution in [-0.2, 0) is 14.8 Å². The molecule has 0 saturated carbocycles. The lowest BCUT2D eigenvalue weighted by atomic mass is 9.96. The first-order valence-electron chi connectivity index (χ1n) is 12.1. The van der Waals surface area contributed by atoms with Gasteiger partial charge >= 0.3 is 0 Å². The van der Waals surface area contributed by atoms with Crippen molar-refractivity contribution in [1.82, 2.24) is 9.62 Å². The summed E-state index contributed by atoms with van der Waals surface area (Å²) < 4.78 is 40.1. The number of carbonyl (C=O) groups excluding carboxylic acids is 1. The van der Waals surface area contributed by atoms with Gasteiger partial charge in [0.1, 0.15) is 5.82 Å². The van der Waals surface area contributed by atoms with Crippen molar-refractivity contribution in [1.29, 1.82) is 0 Å². The smallest absolute Gasteiger partial charge is 0.243 e. The van der Waals surface area contributed by atoms with Gasteiger partial charge in [-0.3, -0.25) is 4.79 Å². The van der Waals surface area contributed by atoms with Gasteiger partial charge in [0.05, 0.1) is 10.9 Å². The van der Waals surface area contributed by atoms with E-state index in [1.807, 2.05) is 6.92 Å². The van der Waals surface area contributed by atoms with Crippen LogP contribution >= 0.6 is 0 Å². The molecule has 2 aromatic carbocycles. The Balaban J connectivity index is 1.30. The third kappa shape index (κ3) is 5.61. The highest BCUT2D eigenvalue weighted by atomic mass is 32.2. The molecule has 6 nitrogen and oxygen atoms in total. The molecule has 0 bridgehead atoms. The number of nitrogens with one attached hydrogen (secondary N) is 1. The van der Waals surface area contributed by atoms with Crippen LogP contribution in [0.1, 0.15) is 51.1 Å². The van der Waals surface area contributed by atoms with E-state index in [1.54, 1.807) is 0 Å². The average molecular weight is 488 g/mol. The van der Waals surface area contributed by atoms with Gasteiger partial charge in [0.15, 0.2) is 0 Å². The Labute approximate surface area is 202 Å². The number of nitrogens with zero attached hydrogens (tertiary/aromatic N) is 2. The fourth-order valence-corrected chi connectivity index (χ4v) is 6.40. The normalized spacial score (nSPS) is 21.3. The fourth-order valence-electron chi connectivity index (χ4n) is 4.93. The van der Waals surface area contributed by atoms with Crippen molar-refractivity contribution in [2.75, 3.05) is 31.1 Å². The third-order valence-electron chi connectivity index (χ3n) is 7.05. The van der Waals surface area contributed by atoms with Crippen molar-refractivity contribution in [2.24, 2.45) is 11.8 Å². The van der Waals surface area contributed by atoms with Crippen molar-refractivity contribution in [3.05, 3.63) is 59.9 Å². The standard InChI is InChI=1S/C26H34FN3O3S/c1-19-4-3-15-29(18-19)24-9-5-21(6-10-24)20(2)28-26(31)22-13-16-30(17-14-22)34(32,33)25-11-7-23(27)8-12-25/h5-12,19-20,22H,3-4,13-18H2,1-2H3,(H,28,31)/t19-,20-/m0/s1. The quantitative estimate of drug-likeness (QED) is 0.658. The van der Waals surface area contributed by atoms with Crippen LogP contribution in [0.25, 0.3) is 0 Å². The van der Waals surface area contributed by atoms with Gasteiger partial charge in [0.25, 0.3) is 0 Å². The molecule has 0 aromatic heterocycles. The molecule has 0 unspecified atom stereocenters. The van der Waals surface area contributed by atoms with Crippen LogP contribution in [0.15, 0.2) is 53.4 Å². The van der Waals surface area contributed by atoms with E-state index in [2.05, 4.69) is 41.4 Å². The fraction of sp³-hybridized carbons (Fsp3) is 0.500. The zero-order valence-corrected chi connectivity index (χ0v) is 20.7. The molecule has 0 radical (unpaired) electrons. The highest BCUT2D eigenvalue weighted by molar-refractivity contribution is 7.89. The summed E-state index contributed by atoms with van der Waals surface area (Å²) in [7, 11) is -3.68. The van der Waals surface area contributed by atoms with Crippen molar-refractivity contribution >= 4 is 21.6 Å². The maximum absolute atomic E-state index is 13.1. The Bertz CT molecular complexity index is 1080. The Hall–Kier alpha value is -2.45. The van der Waals surface area contributed by atoms with E-state index >= 15 is 0 Å². The second-order valence-corrected chi connectivity index (χ2v) is 11.6. The molecule has 2 atom stereocenters. The summed E-state index contributed by atoms with van der Waals surface area (Å²) in [4.78, 5) is 15.4. The van der Waals surface area contributed by atoms with E-state index < -0.39 is 15.8 Å². The zero-order chi connectivity index (χ0) is 24.3. The number of hydrogen-bond acceptors (Lipinski definition) is 4. The predicted molar refractivity (Wildman–Crippen MR) is 131 cm³/mol. The van der Waals surface area contributed by atoms with Crippen molar-refractivity contribution in [2.45, 2.75) is 50.5 Å². The first kappa shape index (κ1) is 24.7. The maximum atomic E-state index is 13.1. The molecule has 2 fully saturated rings. The summed E-state index contributed by atoms with van der Waals surface area (Å²) in [5.41, 5.74) is 2.28. The number of sulfonamides is 1. The van der Waals surface area contributed by atoms with Crippen LogP contribution in [-0.4, -0.2) is 44.8 Å². The highest BCUT2D eigenvalue weighted by Crippen LogP contribution is 2.27. The molecule has 2 aliphatic rings. The molecular weight excluding hydrogens is 453 g/mol. The summed E-state index contributed by atoms with van der Waals surface area (Å²) in [6, 6.07) is 13.2. The molecule has 4 rings (SSSR count). The van der Waals surface area contributed by atoms with Gasteiger partial charge in [-0.2, -0.15) is 4.31 Å². The Morgan fingerprint density at radius 1 is 1.00 bits per heavy atom. The van der Waals surface area contributed by atoms with Gasteiger partial charge in [0, 0.05) is 37.8 Å². The van der Waals surface area contributed by atoms with Gasteiger partial charge in [-0.25, -0.2) is 12.8 Å². The van der Waals surface area contributed by atoms with E-state index in [0.717, 1.165) is 30.8 Å². The highest BCUT2D eigenvalue weighted by Gasteiger charge is 2.32. The maximum Gasteiger partial charge on any atom is 0.243 e. The predicted octanol–water partition coefficient (Wildman–Crippen LogP) is 4.34. The minimum absolute atomic E-state index is 0.0414. The zero-order valence-electron chi connectivity index (χ0n) is 19.9. The SMILES string of the molecule is C[C@H]1CCCN(c2ccc([C@H](C)NC(=O)C3CCN(S(=O)(=O)c4ccc(F)cc4)CC3)cc2)C1. The third-order valence-corrected chi connectivity index (χ3v) is 8.96. The summed E-state index contributed by atoms with van der Waals surface area (Å²) >= 11 is 0. The molecule has 34 heavy (non-hydrogen) atoms. The van der Waals surface area contributed by atoms with E-state index in [9.17, 15) is 17.6 Å². The largest absolute Gasteiger partial charge is 0.371 e. The van der Waals surface area contributed by atoms with Crippen LogP contribution in [0.5, 0.6) is 0 Å². The number of piperidine rings is 2. The second kappa shape index (κ2) is 10.4. The summed E-state index contributed by atoms with van der Waals surface area (Å²) in [5.74, 6) is -0.0283. The number of benzene rings is 2. The Kier molecular flexibility index (Phi) is 7.57. The van der Waals surface area contributed by atoms with Gasteiger partial charge < -0.3 is 10.2 Å². The van der Waals surface area contributed by atoms with E-state index in [-0.39, 0.29) is 35.9 Å². The summed E-state index contributed by atoms with van der Waals surface area (Å²) in [5, 5.41) is 3.10. The second-order valence-electron chi connectivity index (χ2n) is 9.65. The van der Waals surface area contributed by atoms with Crippen molar-refractivity contribution in [3.8, 4) is 0 Å². The van der Waals surface area contributed by atoms with Crippen molar-refractivity contribution in [3.63, 3.8) is 0 Å². The minimum Gasteiger partial charge on any atom is -0.371 e. The molecule has 1 N–H and O–H groups in total. The van der Waals surface area contributed by atoms with Gasteiger partial charge in [0.2, 0.25) is 15.9 Å².